The molecule has 0 spiro atoms. The Hall–Kier alpha value is -0.430. The number of hydrogen-bond donors (Lipinski definition) is 1. The van der Waals surface area contributed by atoms with Crippen molar-refractivity contribution < 1.29 is 8.42 Å². The van der Waals surface area contributed by atoms with E-state index >= 15 is 0 Å². The summed E-state index contributed by atoms with van der Waals surface area (Å²) in [6, 6.07) is 0.132. The second-order valence-corrected chi connectivity index (χ2v) is 8.44. The van der Waals surface area contributed by atoms with Crippen LogP contribution in [0.2, 0.25) is 0 Å². The number of thiophene rings is 1. The molecule has 114 valence electrons. The van der Waals surface area contributed by atoms with Crippen molar-refractivity contribution >= 4 is 21.4 Å². The smallest absolute Gasteiger partial charge is 0.244 e. The van der Waals surface area contributed by atoms with Gasteiger partial charge in [0, 0.05) is 24.5 Å². The number of nitrogens with two attached hydrogens (primary N) is 1. The van der Waals surface area contributed by atoms with Gasteiger partial charge in [0.1, 0.15) is 4.90 Å². The standard InChI is InChI=1S/C14H24N2O2S2/c1-11-10-19-13(9-15)14(11)20(17,18)16(2)12-7-5-3-4-6-8-12/h10,12H,3-9,15H2,1-2H3. The second-order valence-electron chi connectivity index (χ2n) is 5.54. The van der Waals surface area contributed by atoms with E-state index in [2.05, 4.69) is 0 Å². The zero-order valence-electron chi connectivity index (χ0n) is 12.3. The Morgan fingerprint density at radius 3 is 2.45 bits per heavy atom. The fourth-order valence-electron chi connectivity index (χ4n) is 2.94. The highest BCUT2D eigenvalue weighted by molar-refractivity contribution is 7.89. The molecular formula is C14H24N2O2S2. The van der Waals surface area contributed by atoms with Crippen molar-refractivity contribution in [3.63, 3.8) is 0 Å². The average Bonchev–Trinajstić information content (AvgIpc) is 2.64. The molecule has 0 saturated heterocycles. The summed E-state index contributed by atoms with van der Waals surface area (Å²) in [7, 11) is -1.70. The number of nitrogens with zero attached hydrogens (tertiary/aromatic N) is 1. The van der Waals surface area contributed by atoms with Gasteiger partial charge in [0.2, 0.25) is 10.0 Å². The lowest BCUT2D eigenvalue weighted by atomic mass is 10.1. The van der Waals surface area contributed by atoms with Gasteiger partial charge in [-0.1, -0.05) is 25.7 Å². The summed E-state index contributed by atoms with van der Waals surface area (Å²) < 4.78 is 27.4. The van der Waals surface area contributed by atoms with Crippen molar-refractivity contribution in [2.24, 2.45) is 5.73 Å². The molecule has 0 unspecified atom stereocenters. The van der Waals surface area contributed by atoms with Crippen LogP contribution in [0.4, 0.5) is 0 Å². The van der Waals surface area contributed by atoms with Gasteiger partial charge in [-0.05, 0) is 30.7 Å². The normalized spacial score (nSPS) is 18.4. The van der Waals surface area contributed by atoms with Gasteiger partial charge in [-0.2, -0.15) is 4.31 Å². The molecule has 1 aliphatic carbocycles. The first-order valence-electron chi connectivity index (χ1n) is 7.23. The van der Waals surface area contributed by atoms with E-state index in [-0.39, 0.29) is 12.6 Å². The van der Waals surface area contributed by atoms with Crippen LogP contribution in [0, 0.1) is 6.92 Å². The summed E-state index contributed by atoms with van der Waals surface area (Å²) in [6.45, 7) is 2.13. The predicted octanol–water partition coefficient (Wildman–Crippen LogP) is 2.86. The summed E-state index contributed by atoms with van der Waals surface area (Å²) in [4.78, 5) is 1.21. The molecule has 1 saturated carbocycles. The first-order chi connectivity index (χ1) is 9.48. The van der Waals surface area contributed by atoms with Crippen molar-refractivity contribution in [2.75, 3.05) is 7.05 Å². The van der Waals surface area contributed by atoms with Crippen LogP contribution in [-0.4, -0.2) is 25.8 Å². The number of hydrogen-bond acceptors (Lipinski definition) is 4. The molecule has 0 radical (unpaired) electrons. The van der Waals surface area contributed by atoms with E-state index < -0.39 is 10.0 Å². The van der Waals surface area contributed by atoms with Gasteiger partial charge in [-0.15, -0.1) is 11.3 Å². The van der Waals surface area contributed by atoms with Gasteiger partial charge >= 0.3 is 0 Å². The third-order valence-corrected chi connectivity index (χ3v) is 7.55. The second kappa shape index (κ2) is 6.56. The zero-order valence-corrected chi connectivity index (χ0v) is 13.9. The van der Waals surface area contributed by atoms with Crippen LogP contribution in [0.25, 0.3) is 0 Å². The highest BCUT2D eigenvalue weighted by Crippen LogP contribution is 2.32. The third kappa shape index (κ3) is 3.08. The Labute approximate surface area is 126 Å². The van der Waals surface area contributed by atoms with Crippen molar-refractivity contribution in [2.45, 2.75) is 62.9 Å². The van der Waals surface area contributed by atoms with Crippen LogP contribution in [0.1, 0.15) is 49.0 Å². The van der Waals surface area contributed by atoms with Gasteiger partial charge in [0.05, 0.1) is 0 Å². The van der Waals surface area contributed by atoms with E-state index in [4.69, 9.17) is 5.73 Å². The number of sulfonamides is 1. The fourth-order valence-corrected chi connectivity index (χ4v) is 6.00. The monoisotopic (exact) mass is 316 g/mol. The van der Waals surface area contributed by atoms with E-state index in [0.717, 1.165) is 36.1 Å². The van der Waals surface area contributed by atoms with Crippen molar-refractivity contribution in [1.82, 2.24) is 4.31 Å². The maximum Gasteiger partial charge on any atom is 0.244 e. The molecule has 0 atom stereocenters. The summed E-state index contributed by atoms with van der Waals surface area (Å²) >= 11 is 1.44. The van der Waals surface area contributed by atoms with Gasteiger partial charge in [-0.3, -0.25) is 0 Å². The largest absolute Gasteiger partial charge is 0.326 e. The molecule has 2 N–H and O–H groups in total. The Kier molecular flexibility index (Phi) is 5.23. The lowest BCUT2D eigenvalue weighted by Gasteiger charge is -2.27. The molecular weight excluding hydrogens is 292 g/mol. The van der Waals surface area contributed by atoms with Gasteiger partial charge in [0.25, 0.3) is 0 Å². The highest BCUT2D eigenvalue weighted by atomic mass is 32.2. The summed E-state index contributed by atoms with van der Waals surface area (Å²) in [5.74, 6) is 0. The average molecular weight is 316 g/mol. The minimum absolute atomic E-state index is 0.132. The molecule has 1 aromatic heterocycles. The predicted molar refractivity (Wildman–Crippen MR) is 83.4 cm³/mol. The molecule has 0 aromatic carbocycles. The maximum absolute atomic E-state index is 12.9. The molecule has 2 rings (SSSR count). The molecule has 0 bridgehead atoms. The van der Waals surface area contributed by atoms with Crippen LogP contribution in [-0.2, 0) is 16.6 Å². The maximum atomic E-state index is 12.9. The topological polar surface area (TPSA) is 63.4 Å². The lowest BCUT2D eigenvalue weighted by molar-refractivity contribution is 0.335. The van der Waals surface area contributed by atoms with Gasteiger partial charge in [-0.25, -0.2) is 8.42 Å². The van der Waals surface area contributed by atoms with Crippen molar-refractivity contribution in [3.8, 4) is 0 Å². The van der Waals surface area contributed by atoms with Crippen LogP contribution in [0.5, 0.6) is 0 Å². The van der Waals surface area contributed by atoms with Crippen molar-refractivity contribution in [3.05, 3.63) is 15.8 Å². The first-order valence-corrected chi connectivity index (χ1v) is 9.55. The molecule has 1 aromatic rings. The van der Waals surface area contributed by atoms with Crippen LogP contribution in [0.15, 0.2) is 10.3 Å². The SMILES string of the molecule is Cc1csc(CN)c1S(=O)(=O)N(C)C1CCCCCC1. The fraction of sp³-hybridized carbons (Fsp3) is 0.714. The van der Waals surface area contributed by atoms with Gasteiger partial charge < -0.3 is 5.73 Å². The van der Waals surface area contributed by atoms with Crippen LogP contribution >= 0.6 is 11.3 Å². The summed E-state index contributed by atoms with van der Waals surface area (Å²) in [5.41, 5.74) is 6.51. The molecule has 20 heavy (non-hydrogen) atoms. The van der Waals surface area contributed by atoms with Crippen LogP contribution in [0.3, 0.4) is 0 Å². The quantitative estimate of drug-likeness (QED) is 0.869. The molecule has 6 heteroatoms. The molecule has 4 nitrogen and oxygen atoms in total. The third-order valence-electron chi connectivity index (χ3n) is 4.15. The first kappa shape index (κ1) is 15.9. The molecule has 1 aliphatic rings. The van der Waals surface area contributed by atoms with Gasteiger partial charge in [0.15, 0.2) is 0 Å². The highest BCUT2D eigenvalue weighted by Gasteiger charge is 2.31. The lowest BCUT2D eigenvalue weighted by Crippen LogP contribution is -2.37. The minimum atomic E-state index is -3.42. The Balaban J connectivity index is 2.31. The summed E-state index contributed by atoms with van der Waals surface area (Å²) in [5, 5.41) is 1.88. The molecule has 1 fully saturated rings. The van der Waals surface area contributed by atoms with E-state index in [0.29, 0.717) is 4.90 Å². The van der Waals surface area contributed by atoms with E-state index in [1.165, 1.54) is 24.2 Å². The van der Waals surface area contributed by atoms with Crippen molar-refractivity contribution in [1.29, 1.82) is 0 Å². The Bertz CT molecular complexity index is 544. The zero-order chi connectivity index (χ0) is 14.8. The minimum Gasteiger partial charge on any atom is -0.326 e. The molecule has 0 amide bonds. The summed E-state index contributed by atoms with van der Waals surface area (Å²) in [6.07, 6.45) is 6.62. The van der Waals surface area contributed by atoms with Crippen LogP contribution < -0.4 is 5.73 Å². The number of aryl methyl sites for hydroxylation is 1. The van der Waals surface area contributed by atoms with E-state index in [9.17, 15) is 8.42 Å². The Morgan fingerprint density at radius 2 is 1.90 bits per heavy atom. The molecule has 0 aliphatic heterocycles. The Morgan fingerprint density at radius 1 is 1.30 bits per heavy atom. The van der Waals surface area contributed by atoms with E-state index in [1.54, 1.807) is 11.4 Å². The number of rotatable bonds is 4. The van der Waals surface area contributed by atoms with E-state index in [1.807, 2.05) is 12.3 Å². The molecule has 1 heterocycles.